The van der Waals surface area contributed by atoms with E-state index in [2.05, 4.69) is 71.2 Å². The Morgan fingerprint density at radius 1 is 0.714 bits per heavy atom. The van der Waals surface area contributed by atoms with E-state index in [1.165, 1.54) is 16.3 Å². The van der Waals surface area contributed by atoms with Gasteiger partial charge in [-0.25, -0.2) is 0 Å². The number of rotatable bonds is 1. The van der Waals surface area contributed by atoms with Gasteiger partial charge in [0, 0.05) is 22.0 Å². The van der Waals surface area contributed by atoms with Crippen molar-refractivity contribution < 1.29 is 0 Å². The number of nitrogens with zero attached hydrogens (tertiary/aromatic N) is 1. The molecule has 1 nitrogen and oxygen atoms in total. The second kappa shape index (κ2) is 4.54. The first kappa shape index (κ1) is 11.8. The molecule has 0 aliphatic rings. The van der Waals surface area contributed by atoms with Crippen molar-refractivity contribution in [3.63, 3.8) is 0 Å². The summed E-state index contributed by atoms with van der Waals surface area (Å²) in [5.41, 5.74) is 4.41. The van der Waals surface area contributed by atoms with Crippen molar-refractivity contribution in [1.29, 1.82) is 0 Å². The Morgan fingerprint density at radius 2 is 1.43 bits per heavy atom. The molecular formula is C20H13N. The van der Waals surface area contributed by atoms with Crippen LogP contribution >= 0.6 is 0 Å². The van der Waals surface area contributed by atoms with E-state index in [1.54, 1.807) is 0 Å². The largest absolute Gasteiger partial charge is 0.309 e. The minimum atomic E-state index is 0.905. The average Bonchev–Trinajstić information content (AvgIpc) is 2.89. The molecular weight excluding hydrogens is 254 g/mol. The smallest absolute Gasteiger partial charge is 0.0553 e. The quantitative estimate of drug-likeness (QED) is 0.438. The van der Waals surface area contributed by atoms with Gasteiger partial charge in [-0.15, -0.1) is 6.42 Å². The molecule has 1 heterocycles. The summed E-state index contributed by atoms with van der Waals surface area (Å²) in [4.78, 5) is 0. The molecule has 0 fully saturated rings. The molecule has 4 aromatic rings. The van der Waals surface area contributed by atoms with Gasteiger partial charge in [-0.2, -0.15) is 0 Å². The van der Waals surface area contributed by atoms with Crippen LogP contribution < -0.4 is 0 Å². The highest BCUT2D eigenvalue weighted by Gasteiger charge is 2.11. The number of hydrogen-bond donors (Lipinski definition) is 0. The molecule has 0 N–H and O–H groups in total. The molecule has 0 radical (unpaired) electrons. The fraction of sp³-hybridized carbons (Fsp3) is 0. The van der Waals surface area contributed by atoms with Gasteiger partial charge in [0.05, 0.1) is 11.0 Å². The van der Waals surface area contributed by atoms with Crippen LogP contribution in [-0.4, -0.2) is 4.57 Å². The van der Waals surface area contributed by atoms with Crippen molar-refractivity contribution in [2.24, 2.45) is 0 Å². The number of aromatic nitrogens is 1. The molecule has 3 aromatic carbocycles. The van der Waals surface area contributed by atoms with Crippen molar-refractivity contribution in [3.05, 3.63) is 78.4 Å². The van der Waals surface area contributed by atoms with Crippen LogP contribution in [0.25, 0.3) is 27.5 Å². The standard InChI is InChI=1S/C20H13N/c1-2-15-12-13-18-17-10-6-7-11-19(17)21(20(18)14-15)16-8-4-3-5-9-16/h1,3-14H. The van der Waals surface area contributed by atoms with Crippen LogP contribution in [0.4, 0.5) is 0 Å². The van der Waals surface area contributed by atoms with Crippen LogP contribution in [0.5, 0.6) is 0 Å². The fourth-order valence-corrected chi connectivity index (χ4v) is 2.92. The number of para-hydroxylation sites is 2. The zero-order chi connectivity index (χ0) is 14.2. The highest BCUT2D eigenvalue weighted by Crippen LogP contribution is 2.32. The van der Waals surface area contributed by atoms with E-state index in [0.717, 1.165) is 16.8 Å². The third-order valence-electron chi connectivity index (χ3n) is 3.85. The van der Waals surface area contributed by atoms with E-state index in [9.17, 15) is 0 Å². The van der Waals surface area contributed by atoms with Crippen LogP contribution in [0.15, 0.2) is 72.8 Å². The second-order valence-corrected chi connectivity index (χ2v) is 5.06. The Labute approximate surface area is 123 Å². The van der Waals surface area contributed by atoms with Crippen molar-refractivity contribution in [1.82, 2.24) is 4.57 Å². The summed E-state index contributed by atoms with van der Waals surface area (Å²) in [7, 11) is 0. The molecule has 0 amide bonds. The fourth-order valence-electron chi connectivity index (χ4n) is 2.92. The first-order valence-corrected chi connectivity index (χ1v) is 6.94. The first-order chi connectivity index (χ1) is 10.4. The molecule has 0 unspecified atom stereocenters. The maximum atomic E-state index is 5.56. The van der Waals surface area contributed by atoms with Gasteiger partial charge in [0.1, 0.15) is 0 Å². The lowest BCUT2D eigenvalue weighted by molar-refractivity contribution is 1.18. The van der Waals surface area contributed by atoms with Gasteiger partial charge in [-0.05, 0) is 30.3 Å². The van der Waals surface area contributed by atoms with Crippen molar-refractivity contribution in [2.45, 2.75) is 0 Å². The summed E-state index contributed by atoms with van der Waals surface area (Å²) in [6, 6.07) is 25.0. The number of fused-ring (bicyclic) bond motifs is 3. The molecule has 0 spiro atoms. The third-order valence-corrected chi connectivity index (χ3v) is 3.85. The van der Waals surface area contributed by atoms with Gasteiger partial charge in [0.15, 0.2) is 0 Å². The van der Waals surface area contributed by atoms with Crippen molar-refractivity contribution in [2.75, 3.05) is 0 Å². The van der Waals surface area contributed by atoms with E-state index in [-0.39, 0.29) is 0 Å². The van der Waals surface area contributed by atoms with E-state index in [4.69, 9.17) is 6.42 Å². The second-order valence-electron chi connectivity index (χ2n) is 5.06. The van der Waals surface area contributed by atoms with Crippen molar-refractivity contribution in [3.8, 4) is 18.0 Å². The van der Waals surface area contributed by atoms with Crippen LogP contribution in [0.1, 0.15) is 5.56 Å². The molecule has 21 heavy (non-hydrogen) atoms. The van der Waals surface area contributed by atoms with Crippen LogP contribution in [0.3, 0.4) is 0 Å². The molecule has 1 aromatic heterocycles. The van der Waals surface area contributed by atoms with E-state index in [0.29, 0.717) is 0 Å². The molecule has 0 bridgehead atoms. The Bertz CT molecular complexity index is 985. The normalized spacial score (nSPS) is 10.8. The van der Waals surface area contributed by atoms with Crippen LogP contribution in [-0.2, 0) is 0 Å². The lowest BCUT2D eigenvalue weighted by Crippen LogP contribution is -1.93. The van der Waals surface area contributed by atoms with Gasteiger partial charge < -0.3 is 4.57 Å². The summed E-state index contributed by atoms with van der Waals surface area (Å²) >= 11 is 0. The monoisotopic (exact) mass is 267 g/mol. The summed E-state index contributed by atoms with van der Waals surface area (Å²) in [6.45, 7) is 0. The predicted molar refractivity (Wildman–Crippen MR) is 88.7 cm³/mol. The Kier molecular flexibility index (Phi) is 2.55. The molecule has 98 valence electrons. The lowest BCUT2D eigenvalue weighted by atomic mass is 10.1. The minimum Gasteiger partial charge on any atom is -0.309 e. The van der Waals surface area contributed by atoms with Gasteiger partial charge >= 0.3 is 0 Å². The molecule has 0 saturated carbocycles. The summed E-state index contributed by atoms with van der Waals surface area (Å²) < 4.78 is 2.27. The maximum absolute atomic E-state index is 5.56. The minimum absolute atomic E-state index is 0.905. The molecule has 4 rings (SSSR count). The van der Waals surface area contributed by atoms with E-state index >= 15 is 0 Å². The average molecular weight is 267 g/mol. The van der Waals surface area contributed by atoms with Crippen LogP contribution in [0, 0.1) is 12.3 Å². The van der Waals surface area contributed by atoms with E-state index in [1.807, 2.05) is 12.1 Å². The number of benzene rings is 3. The molecule has 0 aliphatic carbocycles. The highest BCUT2D eigenvalue weighted by atomic mass is 15.0. The lowest BCUT2D eigenvalue weighted by Gasteiger charge is -2.07. The Morgan fingerprint density at radius 3 is 2.24 bits per heavy atom. The number of hydrogen-bond acceptors (Lipinski definition) is 0. The Hall–Kier alpha value is -2.98. The maximum Gasteiger partial charge on any atom is 0.0553 e. The third kappa shape index (κ3) is 1.74. The summed E-state index contributed by atoms with van der Waals surface area (Å²) in [5.74, 6) is 2.73. The summed E-state index contributed by atoms with van der Waals surface area (Å²) in [6.07, 6.45) is 5.56. The topological polar surface area (TPSA) is 4.93 Å². The van der Waals surface area contributed by atoms with Gasteiger partial charge in [-0.1, -0.05) is 48.4 Å². The van der Waals surface area contributed by atoms with Crippen LogP contribution in [0.2, 0.25) is 0 Å². The Balaban J connectivity index is 2.22. The van der Waals surface area contributed by atoms with Crippen molar-refractivity contribution >= 4 is 21.8 Å². The number of terminal acetylenes is 1. The molecule has 0 aliphatic heterocycles. The predicted octanol–water partition coefficient (Wildman–Crippen LogP) is 4.77. The molecule has 0 atom stereocenters. The molecule has 1 heteroatoms. The SMILES string of the molecule is C#Cc1ccc2c3ccccc3n(-c3ccccc3)c2c1. The van der Waals surface area contributed by atoms with Gasteiger partial charge in [-0.3, -0.25) is 0 Å². The van der Waals surface area contributed by atoms with Gasteiger partial charge in [0.25, 0.3) is 0 Å². The molecule has 0 saturated heterocycles. The van der Waals surface area contributed by atoms with Gasteiger partial charge in [0.2, 0.25) is 0 Å². The van der Waals surface area contributed by atoms with E-state index < -0.39 is 0 Å². The first-order valence-electron chi connectivity index (χ1n) is 6.94. The zero-order valence-electron chi connectivity index (χ0n) is 11.5. The highest BCUT2D eigenvalue weighted by molar-refractivity contribution is 6.09. The zero-order valence-corrected chi connectivity index (χ0v) is 11.5. The summed E-state index contributed by atoms with van der Waals surface area (Å²) in [5, 5.41) is 2.48.